The summed E-state index contributed by atoms with van der Waals surface area (Å²) in [7, 11) is -4.21. The molecule has 0 saturated heterocycles. The van der Waals surface area contributed by atoms with E-state index in [1.54, 1.807) is 26.0 Å². The normalized spacial score (nSPS) is 14.5. The molecular weight excluding hydrogens is 554 g/mol. The maximum Gasteiger partial charge on any atom is 0.516 e. The molecule has 1 aromatic carbocycles. The zero-order chi connectivity index (χ0) is 30.0. The largest absolute Gasteiger partial charge is 0.516 e. The predicted octanol–water partition coefficient (Wildman–Crippen LogP) is 3.29. The molecule has 1 heterocycles. The number of ether oxygens (including phenoxy) is 3. The molecule has 41 heavy (non-hydrogen) atoms. The minimum atomic E-state index is -4.21. The summed E-state index contributed by atoms with van der Waals surface area (Å²) in [5.41, 5.74) is 0.580. The van der Waals surface area contributed by atoms with Gasteiger partial charge in [-0.3, -0.25) is 9.59 Å². The van der Waals surface area contributed by atoms with E-state index in [1.165, 1.54) is 31.2 Å². The number of sulfonamides is 1. The first-order chi connectivity index (χ1) is 19.4. The number of carbonyl (C=O) groups excluding carboxylic acids is 4. The van der Waals surface area contributed by atoms with Gasteiger partial charge in [-0.1, -0.05) is 31.4 Å². The van der Waals surface area contributed by atoms with E-state index in [0.717, 1.165) is 38.3 Å². The zero-order valence-corrected chi connectivity index (χ0v) is 24.1. The Morgan fingerprint density at radius 2 is 1.73 bits per heavy atom. The Morgan fingerprint density at radius 1 is 1.00 bits per heavy atom. The van der Waals surface area contributed by atoms with Crippen molar-refractivity contribution >= 4 is 34.0 Å². The molecule has 12 nitrogen and oxygen atoms in total. The lowest BCUT2D eigenvalue weighted by Crippen LogP contribution is -2.33. The number of amides is 2. The highest BCUT2D eigenvalue weighted by Gasteiger charge is 2.23. The standard InChI is InChI=1S/C28H35N3O9S/c1-18(2)38-27(34)19(3)39-28(35)40-24-13-12-22(17-30-24)26(33)31-41(36,37)23-11-7-8-20(16-23)14-15-29-25(32)21-9-5-4-6-10-21/h7-8,11-13,16-19,21H,4-6,9-10,14-15H2,1-3H3,(H,29,32)(H,31,33). The number of pyridine rings is 1. The van der Waals surface area contributed by atoms with E-state index >= 15 is 0 Å². The fourth-order valence-electron chi connectivity index (χ4n) is 4.15. The first kappa shape index (κ1) is 31.5. The maximum absolute atomic E-state index is 12.8. The number of carbonyl (C=O) groups is 4. The molecule has 1 aliphatic rings. The van der Waals surface area contributed by atoms with Crippen molar-refractivity contribution in [1.29, 1.82) is 0 Å². The fourth-order valence-corrected chi connectivity index (χ4v) is 5.20. The molecule has 1 atom stereocenters. The van der Waals surface area contributed by atoms with E-state index in [9.17, 15) is 27.6 Å². The first-order valence-electron chi connectivity index (χ1n) is 13.4. The third kappa shape index (κ3) is 9.85. The highest BCUT2D eigenvalue weighted by Crippen LogP contribution is 2.23. The Kier molecular flexibility index (Phi) is 11.2. The van der Waals surface area contributed by atoms with Crippen molar-refractivity contribution in [3.63, 3.8) is 0 Å². The Hall–Kier alpha value is -4.00. The van der Waals surface area contributed by atoms with Crippen LogP contribution in [0.2, 0.25) is 0 Å². The van der Waals surface area contributed by atoms with Crippen LogP contribution in [0.25, 0.3) is 0 Å². The van der Waals surface area contributed by atoms with Crippen molar-refractivity contribution < 1.29 is 41.8 Å². The van der Waals surface area contributed by atoms with Crippen LogP contribution in [-0.4, -0.2) is 56.1 Å². The quantitative estimate of drug-likeness (QED) is 0.371. The van der Waals surface area contributed by atoms with Crippen molar-refractivity contribution in [1.82, 2.24) is 15.0 Å². The van der Waals surface area contributed by atoms with Gasteiger partial charge in [-0.05, 0) is 63.8 Å². The molecular formula is C28H35N3O9S. The smallest absolute Gasteiger partial charge is 0.460 e. The summed E-state index contributed by atoms with van der Waals surface area (Å²) >= 11 is 0. The van der Waals surface area contributed by atoms with Gasteiger partial charge in [0.05, 0.1) is 16.6 Å². The van der Waals surface area contributed by atoms with Crippen LogP contribution in [0.15, 0.2) is 47.5 Å². The molecule has 0 spiro atoms. The van der Waals surface area contributed by atoms with Crippen LogP contribution in [0.5, 0.6) is 5.88 Å². The van der Waals surface area contributed by atoms with E-state index in [0.29, 0.717) is 18.5 Å². The second-order valence-corrected chi connectivity index (χ2v) is 11.6. The molecule has 1 aliphatic carbocycles. The summed E-state index contributed by atoms with van der Waals surface area (Å²) in [4.78, 5) is 52.3. The van der Waals surface area contributed by atoms with Gasteiger partial charge in [0.2, 0.25) is 11.8 Å². The lowest BCUT2D eigenvalue weighted by Gasteiger charge is -2.20. The van der Waals surface area contributed by atoms with E-state index < -0.39 is 34.2 Å². The van der Waals surface area contributed by atoms with Gasteiger partial charge in [0.1, 0.15) is 0 Å². The van der Waals surface area contributed by atoms with Crippen LogP contribution in [0.1, 0.15) is 68.8 Å². The summed E-state index contributed by atoms with van der Waals surface area (Å²) in [6, 6.07) is 8.49. The molecule has 13 heteroatoms. The molecule has 3 rings (SSSR count). The molecule has 2 aromatic rings. The van der Waals surface area contributed by atoms with Gasteiger partial charge in [0.25, 0.3) is 15.9 Å². The van der Waals surface area contributed by atoms with Crippen LogP contribution in [-0.2, 0) is 35.5 Å². The molecule has 222 valence electrons. The third-order valence-corrected chi connectivity index (χ3v) is 7.60. The van der Waals surface area contributed by atoms with Gasteiger partial charge in [0, 0.05) is 24.7 Å². The van der Waals surface area contributed by atoms with Crippen molar-refractivity contribution in [2.75, 3.05) is 6.54 Å². The van der Waals surface area contributed by atoms with E-state index in [-0.39, 0.29) is 34.3 Å². The van der Waals surface area contributed by atoms with Crippen LogP contribution in [0.4, 0.5) is 4.79 Å². The lowest BCUT2D eigenvalue weighted by atomic mass is 9.88. The predicted molar refractivity (Wildman–Crippen MR) is 146 cm³/mol. The highest BCUT2D eigenvalue weighted by molar-refractivity contribution is 7.90. The van der Waals surface area contributed by atoms with Crippen LogP contribution >= 0.6 is 0 Å². The maximum atomic E-state index is 12.8. The summed E-state index contributed by atoms with van der Waals surface area (Å²) in [5, 5.41) is 2.92. The van der Waals surface area contributed by atoms with Crippen LogP contribution < -0.4 is 14.8 Å². The lowest BCUT2D eigenvalue weighted by molar-refractivity contribution is -0.157. The molecule has 2 N–H and O–H groups in total. The van der Waals surface area contributed by atoms with Crippen LogP contribution in [0, 0.1) is 5.92 Å². The average molecular weight is 590 g/mol. The molecule has 1 unspecified atom stereocenters. The Labute approximate surface area is 239 Å². The number of hydrogen-bond donors (Lipinski definition) is 2. The van der Waals surface area contributed by atoms with Gasteiger partial charge in [-0.15, -0.1) is 0 Å². The minimum absolute atomic E-state index is 0.0311. The summed E-state index contributed by atoms with van der Waals surface area (Å²) < 4.78 is 42.3. The molecule has 1 fully saturated rings. The van der Waals surface area contributed by atoms with Gasteiger partial charge in [-0.2, -0.15) is 0 Å². The number of rotatable bonds is 11. The van der Waals surface area contributed by atoms with Gasteiger partial charge in [-0.25, -0.2) is 27.7 Å². The molecule has 0 radical (unpaired) electrons. The topological polar surface area (TPSA) is 167 Å². The third-order valence-electron chi connectivity index (χ3n) is 6.27. The monoisotopic (exact) mass is 589 g/mol. The SMILES string of the molecule is CC(C)OC(=O)C(C)OC(=O)Oc1ccc(C(=O)NS(=O)(=O)c2cccc(CCNC(=O)C3CCCCC3)c2)cn1. The summed E-state index contributed by atoms with van der Waals surface area (Å²) in [6.45, 7) is 4.99. The van der Waals surface area contributed by atoms with Crippen molar-refractivity contribution in [3.8, 4) is 5.88 Å². The van der Waals surface area contributed by atoms with Crippen molar-refractivity contribution in [2.24, 2.45) is 5.92 Å². The zero-order valence-electron chi connectivity index (χ0n) is 23.3. The van der Waals surface area contributed by atoms with Crippen molar-refractivity contribution in [3.05, 3.63) is 53.7 Å². The molecule has 0 aliphatic heterocycles. The highest BCUT2D eigenvalue weighted by atomic mass is 32.2. The van der Waals surface area contributed by atoms with E-state index in [2.05, 4.69) is 10.3 Å². The number of hydrogen-bond acceptors (Lipinski definition) is 10. The number of aromatic nitrogens is 1. The van der Waals surface area contributed by atoms with Crippen LogP contribution in [0.3, 0.4) is 0 Å². The summed E-state index contributed by atoms with van der Waals surface area (Å²) in [5.74, 6) is -1.85. The number of nitrogens with zero attached hydrogens (tertiary/aromatic N) is 1. The van der Waals surface area contributed by atoms with Gasteiger partial charge in [0.15, 0.2) is 6.10 Å². The number of benzene rings is 1. The minimum Gasteiger partial charge on any atom is -0.460 e. The molecule has 2 amide bonds. The van der Waals surface area contributed by atoms with Crippen molar-refractivity contribution in [2.45, 2.75) is 76.4 Å². The van der Waals surface area contributed by atoms with E-state index in [1.807, 2.05) is 4.72 Å². The molecule has 1 aromatic heterocycles. The Balaban J connectivity index is 1.52. The van der Waals surface area contributed by atoms with Gasteiger partial charge < -0.3 is 19.5 Å². The number of nitrogens with one attached hydrogen (secondary N) is 2. The molecule has 1 saturated carbocycles. The fraction of sp³-hybridized carbons (Fsp3) is 0.464. The Bertz CT molecular complexity index is 1340. The number of esters is 1. The van der Waals surface area contributed by atoms with E-state index in [4.69, 9.17) is 14.2 Å². The second-order valence-electron chi connectivity index (χ2n) is 9.94. The summed E-state index contributed by atoms with van der Waals surface area (Å²) in [6.07, 6.45) is 3.72. The van der Waals surface area contributed by atoms with Gasteiger partial charge >= 0.3 is 12.1 Å². The average Bonchev–Trinajstić information content (AvgIpc) is 2.93. The second kappa shape index (κ2) is 14.6. The molecule has 0 bridgehead atoms. The Morgan fingerprint density at radius 3 is 2.39 bits per heavy atom. The first-order valence-corrected chi connectivity index (χ1v) is 14.9.